The Balaban J connectivity index is 1.54. The van der Waals surface area contributed by atoms with Crippen molar-refractivity contribution in [1.29, 1.82) is 0 Å². The summed E-state index contributed by atoms with van der Waals surface area (Å²) in [6.45, 7) is 7.11. The van der Waals surface area contributed by atoms with E-state index in [1.165, 1.54) is 11.3 Å². The van der Waals surface area contributed by atoms with E-state index in [0.29, 0.717) is 47.7 Å². The average Bonchev–Trinajstić information content (AvgIpc) is 3.41. The molecule has 4 rings (SSSR count). The number of hydrogen-bond acceptors (Lipinski definition) is 7. The van der Waals surface area contributed by atoms with Crippen LogP contribution in [0, 0.1) is 13.8 Å². The zero-order valence-electron chi connectivity index (χ0n) is 17.0. The zero-order chi connectivity index (χ0) is 21.3. The monoisotopic (exact) mass is 426 g/mol. The number of thiazole rings is 1. The second kappa shape index (κ2) is 8.27. The number of rotatable bonds is 6. The predicted molar refractivity (Wildman–Crippen MR) is 113 cm³/mol. The Morgan fingerprint density at radius 2 is 1.97 bits per heavy atom. The molecule has 1 fully saturated rings. The molecular formula is C21H22N4O4S. The number of aryl methyl sites for hydroxylation is 2. The van der Waals surface area contributed by atoms with Gasteiger partial charge in [-0.1, -0.05) is 46.8 Å². The van der Waals surface area contributed by atoms with E-state index in [2.05, 4.69) is 10.1 Å². The molecule has 1 saturated heterocycles. The summed E-state index contributed by atoms with van der Waals surface area (Å²) in [5, 5.41) is 4.61. The van der Waals surface area contributed by atoms with Gasteiger partial charge in [0.25, 0.3) is 0 Å². The van der Waals surface area contributed by atoms with Gasteiger partial charge in [-0.2, -0.15) is 0 Å². The van der Waals surface area contributed by atoms with Gasteiger partial charge in [-0.15, -0.1) is 0 Å². The van der Waals surface area contributed by atoms with Crippen LogP contribution < -0.4 is 4.90 Å². The lowest BCUT2D eigenvalue weighted by molar-refractivity contribution is 0.0531. The molecular weight excluding hydrogens is 404 g/mol. The molecule has 30 heavy (non-hydrogen) atoms. The maximum Gasteiger partial charge on any atom is 0.350 e. The minimum Gasteiger partial charge on any atom is -0.462 e. The lowest BCUT2D eigenvalue weighted by atomic mass is 10.1. The third-order valence-corrected chi connectivity index (χ3v) is 6.10. The van der Waals surface area contributed by atoms with Gasteiger partial charge < -0.3 is 14.2 Å². The van der Waals surface area contributed by atoms with Gasteiger partial charge in [-0.3, -0.25) is 4.90 Å². The van der Waals surface area contributed by atoms with Crippen molar-refractivity contribution < 1.29 is 18.8 Å². The first-order valence-corrected chi connectivity index (χ1v) is 10.5. The number of benzene rings is 1. The zero-order valence-corrected chi connectivity index (χ0v) is 17.9. The van der Waals surface area contributed by atoms with Gasteiger partial charge in [0.1, 0.15) is 4.88 Å². The molecule has 0 spiro atoms. The molecule has 3 heterocycles. The van der Waals surface area contributed by atoms with Gasteiger partial charge in [-0.05, 0) is 20.8 Å². The van der Waals surface area contributed by atoms with Gasteiger partial charge in [-0.25, -0.2) is 14.6 Å². The van der Waals surface area contributed by atoms with Crippen LogP contribution in [0.3, 0.4) is 0 Å². The molecule has 1 aliphatic heterocycles. The number of ether oxygens (including phenoxy) is 1. The molecule has 0 bridgehead atoms. The van der Waals surface area contributed by atoms with Crippen LogP contribution in [0.5, 0.6) is 0 Å². The smallest absolute Gasteiger partial charge is 0.350 e. The van der Waals surface area contributed by atoms with E-state index in [1.807, 2.05) is 37.3 Å². The molecule has 0 radical (unpaired) electrons. The van der Waals surface area contributed by atoms with E-state index in [9.17, 15) is 9.59 Å². The fourth-order valence-corrected chi connectivity index (χ4v) is 4.35. The second-order valence-electron chi connectivity index (χ2n) is 6.93. The fourth-order valence-electron chi connectivity index (χ4n) is 3.37. The van der Waals surface area contributed by atoms with E-state index in [1.54, 1.807) is 23.6 Å². The van der Waals surface area contributed by atoms with Crippen LogP contribution in [-0.2, 0) is 11.3 Å². The molecule has 1 aromatic carbocycles. The molecule has 0 saturated carbocycles. The first kappa shape index (κ1) is 20.1. The summed E-state index contributed by atoms with van der Waals surface area (Å²) in [5.41, 5.74) is 3.14. The maximum absolute atomic E-state index is 13.1. The van der Waals surface area contributed by atoms with Gasteiger partial charge in [0.2, 0.25) is 0 Å². The SMILES string of the molecule is CCOC(=O)c1sc(N2CCN(Cc3c(C)noc3-c3ccccc3)C2=O)nc1C. The van der Waals surface area contributed by atoms with Crippen molar-refractivity contribution in [1.82, 2.24) is 15.0 Å². The van der Waals surface area contributed by atoms with Gasteiger partial charge in [0, 0.05) is 24.2 Å². The summed E-state index contributed by atoms with van der Waals surface area (Å²) in [7, 11) is 0. The molecule has 2 aromatic heterocycles. The lowest BCUT2D eigenvalue weighted by Crippen LogP contribution is -2.31. The van der Waals surface area contributed by atoms with E-state index >= 15 is 0 Å². The first-order valence-electron chi connectivity index (χ1n) is 9.71. The Morgan fingerprint density at radius 1 is 1.20 bits per heavy atom. The van der Waals surface area contributed by atoms with Crippen LogP contribution in [0.25, 0.3) is 11.3 Å². The molecule has 8 nitrogen and oxygen atoms in total. The number of urea groups is 1. The molecule has 2 amide bonds. The predicted octanol–water partition coefficient (Wildman–Crippen LogP) is 4.03. The average molecular weight is 426 g/mol. The number of amides is 2. The molecule has 156 valence electrons. The quantitative estimate of drug-likeness (QED) is 0.553. The lowest BCUT2D eigenvalue weighted by Gasteiger charge is -2.17. The third kappa shape index (κ3) is 3.68. The highest BCUT2D eigenvalue weighted by Crippen LogP contribution is 2.32. The summed E-state index contributed by atoms with van der Waals surface area (Å²) < 4.78 is 10.6. The minimum absolute atomic E-state index is 0.154. The molecule has 1 aliphatic rings. The van der Waals surface area contributed by atoms with Crippen molar-refractivity contribution in [3.05, 3.63) is 52.2 Å². The van der Waals surface area contributed by atoms with Crippen LogP contribution >= 0.6 is 11.3 Å². The number of aromatic nitrogens is 2. The Bertz CT molecular complexity index is 1080. The minimum atomic E-state index is -0.408. The van der Waals surface area contributed by atoms with Crippen molar-refractivity contribution >= 4 is 28.5 Å². The topological polar surface area (TPSA) is 88.8 Å². The molecule has 3 aromatic rings. The number of esters is 1. The number of hydrogen-bond donors (Lipinski definition) is 0. The van der Waals surface area contributed by atoms with Crippen LogP contribution in [0.1, 0.15) is 33.5 Å². The largest absolute Gasteiger partial charge is 0.462 e. The van der Waals surface area contributed by atoms with Crippen LogP contribution in [0.4, 0.5) is 9.93 Å². The number of nitrogens with zero attached hydrogens (tertiary/aromatic N) is 4. The number of carbonyl (C=O) groups excluding carboxylic acids is 2. The van der Waals surface area contributed by atoms with Crippen molar-refractivity contribution in [2.45, 2.75) is 27.3 Å². The number of carbonyl (C=O) groups is 2. The van der Waals surface area contributed by atoms with Crippen LogP contribution in [0.15, 0.2) is 34.9 Å². The van der Waals surface area contributed by atoms with E-state index in [-0.39, 0.29) is 6.03 Å². The van der Waals surface area contributed by atoms with E-state index in [0.717, 1.165) is 16.8 Å². The van der Waals surface area contributed by atoms with E-state index < -0.39 is 5.97 Å². The number of anilines is 1. The van der Waals surface area contributed by atoms with Crippen LogP contribution in [0.2, 0.25) is 0 Å². The summed E-state index contributed by atoms with van der Waals surface area (Å²) >= 11 is 1.18. The van der Waals surface area contributed by atoms with Crippen molar-refractivity contribution in [2.24, 2.45) is 0 Å². The normalized spacial score (nSPS) is 13.9. The third-order valence-electron chi connectivity index (χ3n) is 4.94. The van der Waals surface area contributed by atoms with Gasteiger partial charge in [0.05, 0.1) is 24.5 Å². The highest BCUT2D eigenvalue weighted by Gasteiger charge is 2.34. The molecule has 0 unspecified atom stereocenters. The van der Waals surface area contributed by atoms with Crippen LogP contribution in [-0.4, -0.2) is 46.7 Å². The highest BCUT2D eigenvalue weighted by atomic mass is 32.1. The summed E-state index contributed by atoms with van der Waals surface area (Å²) in [5.74, 6) is 0.267. The maximum atomic E-state index is 13.1. The molecule has 0 N–H and O–H groups in total. The standard InChI is InChI=1S/C21H22N4O4S/c1-4-28-19(26)18-14(3)22-20(30-18)25-11-10-24(21(25)27)12-16-13(2)23-29-17(16)15-8-6-5-7-9-15/h5-9H,4,10-12H2,1-3H3. The van der Waals surface area contributed by atoms with Gasteiger partial charge >= 0.3 is 12.0 Å². The Labute approximate surface area is 178 Å². The Morgan fingerprint density at radius 3 is 2.70 bits per heavy atom. The molecule has 9 heteroatoms. The Kier molecular flexibility index (Phi) is 5.54. The summed E-state index contributed by atoms with van der Waals surface area (Å²) in [4.78, 5) is 33.3. The molecule has 0 atom stereocenters. The first-order chi connectivity index (χ1) is 14.5. The highest BCUT2D eigenvalue weighted by molar-refractivity contribution is 7.17. The second-order valence-corrected chi connectivity index (χ2v) is 7.91. The fraction of sp³-hybridized carbons (Fsp3) is 0.333. The van der Waals surface area contributed by atoms with Gasteiger partial charge in [0.15, 0.2) is 10.9 Å². The van der Waals surface area contributed by atoms with Crippen molar-refractivity contribution in [2.75, 3.05) is 24.6 Å². The summed E-state index contributed by atoms with van der Waals surface area (Å²) in [6.07, 6.45) is 0. The summed E-state index contributed by atoms with van der Waals surface area (Å²) in [6, 6.07) is 9.57. The van der Waals surface area contributed by atoms with Crippen molar-refractivity contribution in [3.8, 4) is 11.3 Å². The van der Waals surface area contributed by atoms with Crippen molar-refractivity contribution in [3.63, 3.8) is 0 Å². The van der Waals surface area contributed by atoms with E-state index in [4.69, 9.17) is 9.26 Å². The molecule has 0 aliphatic carbocycles. The Hall–Kier alpha value is -3.20.